The predicted molar refractivity (Wildman–Crippen MR) is 124 cm³/mol. The quantitative estimate of drug-likeness (QED) is 0.443. The zero-order chi connectivity index (χ0) is 22.1. The Bertz CT molecular complexity index is 1190. The minimum absolute atomic E-state index is 0.0665. The first-order valence-electron chi connectivity index (χ1n) is 10.1. The van der Waals surface area contributed by atoms with Crippen LogP contribution < -0.4 is 18.9 Å². The summed E-state index contributed by atoms with van der Waals surface area (Å²) in [6.45, 7) is 1.57. The van der Waals surface area contributed by atoms with Gasteiger partial charge in [-0.05, 0) is 81.3 Å². The molecule has 0 radical (unpaired) electrons. The third-order valence-electron chi connectivity index (χ3n) is 6.04. The van der Waals surface area contributed by atoms with Crippen LogP contribution in [-0.4, -0.2) is 45.9 Å². The van der Waals surface area contributed by atoms with E-state index in [0.717, 1.165) is 51.0 Å². The lowest BCUT2D eigenvalue weighted by Gasteiger charge is -2.23. The molecule has 1 heterocycles. The standard InChI is InChI=1S/C24H25BrN2O4/c1-28-20-8-15-16-9-21(29-2)23(31-4)11-18(16)24(25)19(17(15)10-22(20)30-3)13-27-7-5-6-14(27)12-26/h8-11,14H,5-7,13H2,1-4H3. The van der Waals surface area contributed by atoms with E-state index in [2.05, 4.69) is 26.9 Å². The van der Waals surface area contributed by atoms with E-state index in [1.165, 1.54) is 0 Å². The second kappa shape index (κ2) is 8.81. The first-order chi connectivity index (χ1) is 15.1. The lowest BCUT2D eigenvalue weighted by Crippen LogP contribution is -2.27. The molecule has 1 aliphatic rings. The van der Waals surface area contributed by atoms with E-state index < -0.39 is 0 Å². The Balaban J connectivity index is 2.06. The molecule has 162 valence electrons. The molecule has 3 aromatic carbocycles. The number of methoxy groups -OCH3 is 4. The molecule has 1 atom stereocenters. The Labute approximate surface area is 190 Å². The van der Waals surface area contributed by atoms with Crippen molar-refractivity contribution in [1.29, 1.82) is 5.26 Å². The van der Waals surface area contributed by atoms with Crippen LogP contribution in [0.2, 0.25) is 0 Å². The van der Waals surface area contributed by atoms with Crippen molar-refractivity contribution in [2.75, 3.05) is 35.0 Å². The molecular weight excluding hydrogens is 460 g/mol. The maximum absolute atomic E-state index is 9.57. The van der Waals surface area contributed by atoms with Crippen LogP contribution in [0.1, 0.15) is 18.4 Å². The lowest BCUT2D eigenvalue weighted by molar-refractivity contribution is 0.287. The summed E-state index contributed by atoms with van der Waals surface area (Å²) in [5.41, 5.74) is 1.11. The molecule has 3 aromatic rings. The number of ether oxygens (including phenoxy) is 4. The topological polar surface area (TPSA) is 64.0 Å². The highest BCUT2D eigenvalue weighted by atomic mass is 79.9. The molecule has 0 N–H and O–H groups in total. The van der Waals surface area contributed by atoms with E-state index in [0.29, 0.717) is 29.5 Å². The fourth-order valence-electron chi connectivity index (χ4n) is 4.43. The van der Waals surface area contributed by atoms with Gasteiger partial charge in [0.05, 0.1) is 40.6 Å². The third kappa shape index (κ3) is 3.64. The Morgan fingerprint density at radius 2 is 1.35 bits per heavy atom. The Kier molecular flexibility index (Phi) is 6.12. The highest BCUT2D eigenvalue weighted by molar-refractivity contribution is 9.10. The van der Waals surface area contributed by atoms with Crippen molar-refractivity contribution in [1.82, 2.24) is 4.90 Å². The number of nitriles is 1. The molecule has 0 spiro atoms. The largest absolute Gasteiger partial charge is 0.493 e. The number of halogens is 1. The van der Waals surface area contributed by atoms with Gasteiger partial charge in [0, 0.05) is 16.4 Å². The van der Waals surface area contributed by atoms with E-state index in [1.807, 2.05) is 24.3 Å². The smallest absolute Gasteiger partial charge is 0.161 e. The first-order valence-corrected chi connectivity index (χ1v) is 10.9. The van der Waals surface area contributed by atoms with E-state index >= 15 is 0 Å². The predicted octanol–water partition coefficient (Wildman–Crippen LogP) is 5.28. The molecule has 0 saturated carbocycles. The average Bonchev–Trinajstić information content (AvgIpc) is 3.27. The number of hydrogen-bond donors (Lipinski definition) is 0. The molecule has 0 bridgehead atoms. The number of nitrogens with zero attached hydrogens (tertiary/aromatic N) is 2. The minimum atomic E-state index is -0.0665. The molecule has 0 aromatic heterocycles. The molecule has 31 heavy (non-hydrogen) atoms. The summed E-state index contributed by atoms with van der Waals surface area (Å²) in [5.74, 6) is 2.66. The molecule has 1 fully saturated rings. The summed E-state index contributed by atoms with van der Waals surface area (Å²) >= 11 is 3.87. The van der Waals surface area contributed by atoms with Crippen LogP contribution in [0.4, 0.5) is 0 Å². The van der Waals surface area contributed by atoms with Gasteiger partial charge in [0.25, 0.3) is 0 Å². The highest BCUT2D eigenvalue weighted by Crippen LogP contribution is 2.45. The zero-order valence-electron chi connectivity index (χ0n) is 18.1. The van der Waals surface area contributed by atoms with Gasteiger partial charge >= 0.3 is 0 Å². The Morgan fingerprint density at radius 3 is 1.87 bits per heavy atom. The lowest BCUT2D eigenvalue weighted by atomic mass is 9.95. The average molecular weight is 485 g/mol. The van der Waals surface area contributed by atoms with Gasteiger partial charge in [0.1, 0.15) is 0 Å². The van der Waals surface area contributed by atoms with Gasteiger partial charge in [-0.3, -0.25) is 4.90 Å². The van der Waals surface area contributed by atoms with Gasteiger partial charge < -0.3 is 18.9 Å². The van der Waals surface area contributed by atoms with Crippen LogP contribution in [-0.2, 0) is 6.54 Å². The first kappa shape index (κ1) is 21.5. The molecule has 7 heteroatoms. The fourth-order valence-corrected chi connectivity index (χ4v) is 5.10. The summed E-state index contributed by atoms with van der Waals surface area (Å²) in [4.78, 5) is 2.24. The second-order valence-electron chi connectivity index (χ2n) is 7.56. The van der Waals surface area contributed by atoms with Crippen molar-refractivity contribution in [3.63, 3.8) is 0 Å². The van der Waals surface area contributed by atoms with Gasteiger partial charge in [0.15, 0.2) is 23.0 Å². The summed E-state index contributed by atoms with van der Waals surface area (Å²) in [7, 11) is 6.54. The molecule has 0 aliphatic carbocycles. The summed E-state index contributed by atoms with van der Waals surface area (Å²) in [6.07, 6.45) is 1.94. The molecule has 1 aliphatic heterocycles. The van der Waals surface area contributed by atoms with E-state index in [-0.39, 0.29) is 6.04 Å². The fraction of sp³-hybridized carbons (Fsp3) is 0.375. The van der Waals surface area contributed by atoms with Crippen LogP contribution >= 0.6 is 15.9 Å². The van der Waals surface area contributed by atoms with Crippen LogP contribution in [0.3, 0.4) is 0 Å². The molecule has 6 nitrogen and oxygen atoms in total. The van der Waals surface area contributed by atoms with Crippen LogP contribution in [0.15, 0.2) is 28.7 Å². The summed E-state index contributed by atoms with van der Waals surface area (Å²) in [5, 5.41) is 13.7. The summed E-state index contributed by atoms with van der Waals surface area (Å²) in [6, 6.07) is 10.4. The maximum Gasteiger partial charge on any atom is 0.161 e. The van der Waals surface area contributed by atoms with Crippen molar-refractivity contribution in [3.05, 3.63) is 34.3 Å². The number of likely N-dealkylation sites (tertiary alicyclic amines) is 1. The Hall–Kier alpha value is -2.69. The SMILES string of the molecule is COc1cc2c(Br)c(CN3CCCC3C#N)c3cc(OC)c(OC)cc3c2cc1OC. The normalized spacial score (nSPS) is 16.5. The van der Waals surface area contributed by atoms with Crippen LogP contribution in [0.5, 0.6) is 23.0 Å². The monoisotopic (exact) mass is 484 g/mol. The van der Waals surface area contributed by atoms with Crippen molar-refractivity contribution in [2.45, 2.75) is 25.4 Å². The third-order valence-corrected chi connectivity index (χ3v) is 6.94. The second-order valence-corrected chi connectivity index (χ2v) is 8.35. The number of rotatable bonds is 6. The molecule has 4 rings (SSSR count). The number of benzene rings is 3. The van der Waals surface area contributed by atoms with E-state index in [9.17, 15) is 5.26 Å². The van der Waals surface area contributed by atoms with Crippen LogP contribution in [0.25, 0.3) is 21.5 Å². The number of fused-ring (bicyclic) bond motifs is 3. The van der Waals surface area contributed by atoms with Crippen molar-refractivity contribution in [2.24, 2.45) is 0 Å². The molecule has 1 saturated heterocycles. The molecule has 0 amide bonds. The Morgan fingerprint density at radius 1 is 0.871 bits per heavy atom. The highest BCUT2D eigenvalue weighted by Gasteiger charge is 2.27. The van der Waals surface area contributed by atoms with Crippen molar-refractivity contribution >= 4 is 37.5 Å². The number of hydrogen-bond acceptors (Lipinski definition) is 6. The van der Waals surface area contributed by atoms with Gasteiger partial charge in [-0.2, -0.15) is 5.26 Å². The van der Waals surface area contributed by atoms with Crippen LogP contribution in [0, 0.1) is 11.3 Å². The van der Waals surface area contributed by atoms with Crippen molar-refractivity contribution in [3.8, 4) is 29.1 Å². The summed E-state index contributed by atoms with van der Waals surface area (Å²) < 4.78 is 23.3. The zero-order valence-corrected chi connectivity index (χ0v) is 19.7. The molecular formula is C24H25BrN2O4. The molecule has 1 unspecified atom stereocenters. The van der Waals surface area contributed by atoms with Crippen molar-refractivity contribution < 1.29 is 18.9 Å². The van der Waals surface area contributed by atoms with E-state index in [4.69, 9.17) is 18.9 Å². The van der Waals surface area contributed by atoms with E-state index in [1.54, 1.807) is 28.4 Å². The maximum atomic E-state index is 9.57. The van der Waals surface area contributed by atoms with Gasteiger partial charge in [-0.15, -0.1) is 0 Å². The van der Waals surface area contributed by atoms with Gasteiger partial charge in [-0.25, -0.2) is 0 Å². The van der Waals surface area contributed by atoms with Gasteiger partial charge in [0.2, 0.25) is 0 Å². The van der Waals surface area contributed by atoms with Gasteiger partial charge in [-0.1, -0.05) is 0 Å². The minimum Gasteiger partial charge on any atom is -0.493 e.